The maximum Gasteiger partial charge on any atom is 0.309 e. The number of hydrogen-bond acceptors (Lipinski definition) is 4. The molecule has 0 aromatic heterocycles. The van der Waals surface area contributed by atoms with Crippen LogP contribution in [0.2, 0.25) is 0 Å². The second-order valence-electron chi connectivity index (χ2n) is 6.19. The number of carbonyl (C=O) groups excluding carboxylic acids is 1. The first-order valence-electron chi connectivity index (χ1n) is 7.78. The molecule has 3 atom stereocenters. The lowest BCUT2D eigenvalue weighted by molar-refractivity contribution is -0.166. The van der Waals surface area contributed by atoms with Gasteiger partial charge in [-0.2, -0.15) is 0 Å². The second kappa shape index (κ2) is 6.95. The summed E-state index contributed by atoms with van der Waals surface area (Å²) in [6, 6.07) is 17.3. The third kappa shape index (κ3) is 3.79. The lowest BCUT2D eigenvalue weighted by atomic mass is 9.89. The summed E-state index contributed by atoms with van der Waals surface area (Å²) in [5, 5.41) is 10.3. The van der Waals surface area contributed by atoms with E-state index in [0.717, 1.165) is 16.9 Å². The van der Waals surface area contributed by atoms with Crippen molar-refractivity contribution >= 4 is 21.9 Å². The Morgan fingerprint density at radius 2 is 1.88 bits per heavy atom. The zero-order valence-corrected chi connectivity index (χ0v) is 14.9. The summed E-state index contributed by atoms with van der Waals surface area (Å²) in [6.45, 7) is 2.13. The van der Waals surface area contributed by atoms with Crippen LogP contribution >= 0.6 is 15.9 Å². The van der Waals surface area contributed by atoms with Crippen molar-refractivity contribution in [2.75, 3.05) is 0 Å². The molecule has 0 bridgehead atoms. The molecular weight excluding hydrogens is 372 g/mol. The Balaban J connectivity index is 1.69. The molecule has 4 nitrogen and oxygen atoms in total. The third-order valence-corrected chi connectivity index (χ3v) is 5.54. The zero-order valence-electron chi connectivity index (χ0n) is 13.3. The number of halogens is 1. The van der Waals surface area contributed by atoms with Crippen LogP contribution in [0.4, 0.5) is 0 Å². The fourth-order valence-corrected chi connectivity index (χ4v) is 3.27. The number of hydrogen-bond donors (Lipinski definition) is 1. The number of benzene rings is 2. The molecule has 1 aliphatic heterocycles. The van der Waals surface area contributed by atoms with Crippen LogP contribution in [0.3, 0.4) is 0 Å². The molecule has 1 aliphatic rings. The Morgan fingerprint density at radius 3 is 2.54 bits per heavy atom. The molecular formula is C19H19BrO4. The van der Waals surface area contributed by atoms with Gasteiger partial charge in [-0.3, -0.25) is 4.79 Å². The highest BCUT2D eigenvalue weighted by molar-refractivity contribution is 9.09. The van der Waals surface area contributed by atoms with Crippen molar-refractivity contribution in [1.82, 2.24) is 0 Å². The highest BCUT2D eigenvalue weighted by Gasteiger charge is 2.45. The molecule has 2 aromatic rings. The summed E-state index contributed by atoms with van der Waals surface area (Å²) >= 11 is 3.46. The van der Waals surface area contributed by atoms with E-state index in [1.807, 2.05) is 54.6 Å². The quantitative estimate of drug-likeness (QED) is 0.637. The van der Waals surface area contributed by atoms with Crippen LogP contribution in [-0.2, 0) is 16.1 Å². The number of cyclic esters (lactones) is 1. The molecule has 2 aromatic carbocycles. The monoisotopic (exact) mass is 390 g/mol. The van der Waals surface area contributed by atoms with Gasteiger partial charge in [0.15, 0.2) is 0 Å². The molecule has 1 heterocycles. The maximum absolute atomic E-state index is 11.7. The van der Waals surface area contributed by atoms with Crippen molar-refractivity contribution in [3.8, 4) is 5.75 Å². The maximum atomic E-state index is 11.7. The minimum Gasteiger partial charge on any atom is -0.489 e. The molecule has 0 radical (unpaired) electrons. The second-order valence-corrected chi connectivity index (χ2v) is 7.18. The Labute approximate surface area is 149 Å². The van der Waals surface area contributed by atoms with Crippen molar-refractivity contribution in [1.29, 1.82) is 0 Å². The topological polar surface area (TPSA) is 55.8 Å². The van der Waals surface area contributed by atoms with Gasteiger partial charge in [-0.05, 0) is 30.2 Å². The summed E-state index contributed by atoms with van der Waals surface area (Å²) in [4.78, 5) is 11.3. The van der Waals surface area contributed by atoms with Gasteiger partial charge in [0.2, 0.25) is 0 Å². The van der Waals surface area contributed by atoms with Crippen molar-refractivity contribution in [3.05, 3.63) is 65.7 Å². The first kappa shape index (κ1) is 17.0. The van der Waals surface area contributed by atoms with E-state index in [9.17, 15) is 9.90 Å². The number of aliphatic hydroxyl groups is 1. The van der Waals surface area contributed by atoms with E-state index in [-0.39, 0.29) is 11.2 Å². The first-order chi connectivity index (χ1) is 11.5. The van der Waals surface area contributed by atoms with Crippen molar-refractivity contribution in [3.63, 3.8) is 0 Å². The number of alkyl halides is 1. The average Bonchev–Trinajstić information content (AvgIpc) is 2.57. The molecule has 1 saturated heterocycles. The molecule has 0 saturated carbocycles. The van der Waals surface area contributed by atoms with Gasteiger partial charge in [0.25, 0.3) is 0 Å². The molecule has 0 spiro atoms. The van der Waals surface area contributed by atoms with E-state index in [0.29, 0.717) is 6.61 Å². The number of rotatable bonds is 4. The van der Waals surface area contributed by atoms with Gasteiger partial charge in [0.05, 0.1) is 16.8 Å². The van der Waals surface area contributed by atoms with Gasteiger partial charge in [-0.25, -0.2) is 0 Å². The number of carbonyl (C=O) groups is 1. The SMILES string of the molecule is CC1(O)CC(=O)OC(c2ccc(OCc3ccccc3)cc2)C1Br. The Hall–Kier alpha value is -1.85. The zero-order chi connectivity index (χ0) is 17.2. The van der Waals surface area contributed by atoms with Gasteiger partial charge < -0.3 is 14.6 Å². The molecule has 0 aliphatic carbocycles. The smallest absolute Gasteiger partial charge is 0.309 e. The highest BCUT2D eigenvalue weighted by atomic mass is 79.9. The number of esters is 1. The van der Waals surface area contributed by atoms with Gasteiger partial charge >= 0.3 is 5.97 Å². The lowest BCUT2D eigenvalue weighted by Crippen LogP contribution is -2.47. The van der Waals surface area contributed by atoms with Crippen LogP contribution in [0, 0.1) is 0 Å². The Bertz CT molecular complexity index is 697. The molecule has 126 valence electrons. The van der Waals surface area contributed by atoms with Gasteiger partial charge in [0, 0.05) is 0 Å². The Morgan fingerprint density at radius 1 is 1.21 bits per heavy atom. The summed E-state index contributed by atoms with van der Waals surface area (Å²) in [5.74, 6) is 0.340. The van der Waals surface area contributed by atoms with E-state index in [4.69, 9.17) is 9.47 Å². The minimum atomic E-state index is -1.14. The summed E-state index contributed by atoms with van der Waals surface area (Å²) in [5.41, 5.74) is 0.777. The molecule has 1 N–H and O–H groups in total. The van der Waals surface area contributed by atoms with Crippen LogP contribution < -0.4 is 4.74 Å². The van der Waals surface area contributed by atoms with Crippen LogP contribution in [0.15, 0.2) is 54.6 Å². The molecule has 3 unspecified atom stereocenters. The standard InChI is InChI=1S/C19H19BrO4/c1-19(22)11-16(21)24-17(18(19)20)14-7-9-15(10-8-14)23-12-13-5-3-2-4-6-13/h2-10,17-18,22H,11-12H2,1H3. The minimum absolute atomic E-state index is 0.0162. The van der Waals surface area contributed by atoms with Gasteiger partial charge in [-0.1, -0.05) is 58.4 Å². The summed E-state index contributed by atoms with van der Waals surface area (Å²) < 4.78 is 11.2. The van der Waals surface area contributed by atoms with Crippen LogP contribution in [0.25, 0.3) is 0 Å². The highest BCUT2D eigenvalue weighted by Crippen LogP contribution is 2.40. The first-order valence-corrected chi connectivity index (χ1v) is 8.70. The normalized spacial score (nSPS) is 26.7. The van der Waals surface area contributed by atoms with E-state index in [1.54, 1.807) is 6.92 Å². The van der Waals surface area contributed by atoms with Crippen LogP contribution in [0.5, 0.6) is 5.75 Å². The Kier molecular flexibility index (Phi) is 4.92. The van der Waals surface area contributed by atoms with E-state index in [1.165, 1.54) is 0 Å². The summed E-state index contributed by atoms with van der Waals surface area (Å²) in [7, 11) is 0. The average molecular weight is 391 g/mol. The molecule has 1 fully saturated rings. The van der Waals surface area contributed by atoms with Gasteiger partial charge in [0.1, 0.15) is 18.5 Å². The third-order valence-electron chi connectivity index (χ3n) is 4.08. The lowest BCUT2D eigenvalue weighted by Gasteiger charge is -2.38. The van der Waals surface area contributed by atoms with E-state index in [2.05, 4.69) is 15.9 Å². The predicted octanol–water partition coefficient (Wildman–Crippen LogP) is 3.77. The van der Waals surface area contributed by atoms with E-state index >= 15 is 0 Å². The number of ether oxygens (including phenoxy) is 2. The molecule has 0 amide bonds. The van der Waals surface area contributed by atoms with E-state index < -0.39 is 17.7 Å². The fourth-order valence-electron chi connectivity index (χ4n) is 2.69. The fraction of sp³-hybridized carbons (Fsp3) is 0.316. The predicted molar refractivity (Wildman–Crippen MR) is 94.0 cm³/mol. The van der Waals surface area contributed by atoms with Crippen molar-refractivity contribution in [2.45, 2.75) is 36.5 Å². The van der Waals surface area contributed by atoms with Crippen LogP contribution in [-0.4, -0.2) is 21.5 Å². The van der Waals surface area contributed by atoms with Crippen molar-refractivity contribution < 1.29 is 19.4 Å². The largest absolute Gasteiger partial charge is 0.489 e. The van der Waals surface area contributed by atoms with Crippen LogP contribution in [0.1, 0.15) is 30.6 Å². The van der Waals surface area contributed by atoms with Crippen molar-refractivity contribution in [2.24, 2.45) is 0 Å². The molecule has 5 heteroatoms. The molecule has 24 heavy (non-hydrogen) atoms. The molecule has 3 rings (SSSR count). The van der Waals surface area contributed by atoms with Gasteiger partial charge in [-0.15, -0.1) is 0 Å². The summed E-state index contributed by atoms with van der Waals surface area (Å²) in [6.07, 6.45) is -0.540.